The Morgan fingerprint density at radius 3 is 1.00 bits per heavy atom. The van der Waals surface area contributed by atoms with Crippen LogP contribution in [0.1, 0.15) is 166 Å². The molecule has 6 rings (SSSR count). The molecule has 280 valence electrons. The Morgan fingerprint density at radius 1 is 0.327 bits per heavy atom. The van der Waals surface area contributed by atoms with Crippen LogP contribution in [0.25, 0.3) is 54.1 Å². The number of aromatic nitrogens is 2. The third-order valence-corrected chi connectivity index (χ3v) is 12.4. The van der Waals surface area contributed by atoms with Crippen molar-refractivity contribution in [3.8, 4) is 0 Å². The number of benzene rings is 4. The summed E-state index contributed by atoms with van der Waals surface area (Å²) in [4.78, 5) is 0. The van der Waals surface area contributed by atoms with Crippen LogP contribution in [0.3, 0.4) is 0 Å². The second kappa shape index (κ2) is 19.7. The van der Waals surface area contributed by atoms with Gasteiger partial charge in [-0.25, -0.2) is 0 Å². The number of hydrogen-bond donors (Lipinski definition) is 0. The molecule has 2 heteroatoms. The molecule has 0 aliphatic heterocycles. The second-order valence-electron chi connectivity index (χ2n) is 16.5. The van der Waals surface area contributed by atoms with Gasteiger partial charge in [-0.3, -0.25) is 0 Å². The lowest BCUT2D eigenvalue weighted by Gasteiger charge is -2.10. The van der Waals surface area contributed by atoms with Gasteiger partial charge in [0.1, 0.15) is 0 Å². The minimum atomic E-state index is 1.18. The predicted octanol–water partition coefficient (Wildman–Crippen LogP) is 15.8. The number of rotatable bonds is 24. The molecule has 0 radical (unpaired) electrons. The van der Waals surface area contributed by atoms with E-state index < -0.39 is 0 Å². The molecular weight excluding hydrogens is 629 g/mol. The molecule has 0 aliphatic rings. The summed E-state index contributed by atoms with van der Waals surface area (Å²) in [5, 5.41) is 10.9. The predicted molar refractivity (Wildman–Crippen MR) is 232 cm³/mol. The number of hydrogen-bond acceptors (Lipinski definition) is 0. The fraction of sp³-hybridized carbons (Fsp3) is 0.560. The fourth-order valence-corrected chi connectivity index (χ4v) is 9.08. The van der Waals surface area contributed by atoms with Gasteiger partial charge in [-0.05, 0) is 94.4 Å². The van der Waals surface area contributed by atoms with Crippen molar-refractivity contribution in [1.82, 2.24) is 9.13 Å². The van der Waals surface area contributed by atoms with Crippen LogP contribution >= 0.6 is 0 Å². The van der Waals surface area contributed by atoms with Crippen LogP contribution in [0.15, 0.2) is 60.7 Å². The topological polar surface area (TPSA) is 9.86 Å². The van der Waals surface area contributed by atoms with E-state index in [0.717, 1.165) is 0 Å². The average molecular weight is 699 g/mol. The zero-order valence-electron chi connectivity index (χ0n) is 33.6. The molecule has 0 N–H and O–H groups in total. The molecule has 52 heavy (non-hydrogen) atoms. The van der Waals surface area contributed by atoms with Crippen molar-refractivity contribution >= 4 is 54.1 Å². The third-order valence-electron chi connectivity index (χ3n) is 12.4. The van der Waals surface area contributed by atoms with E-state index in [4.69, 9.17) is 0 Å². The van der Waals surface area contributed by atoms with Gasteiger partial charge < -0.3 is 9.13 Å². The highest BCUT2D eigenvalue weighted by molar-refractivity contribution is 6.20. The standard InChI is InChI=1S/C50H70N2/c1-5-7-9-11-13-15-17-19-21-23-25-27-43-35-41-33-39-29-31-46-45(47(39)37-49(41)51(43)3)32-30-40-34-42-36-44(52(4)50(42)38-48(40)46)28-26-24-22-20-18-16-14-12-10-8-6-2/h29-38H,5-28H2,1-4H3. The summed E-state index contributed by atoms with van der Waals surface area (Å²) in [7, 11) is 4.56. The molecule has 0 saturated heterocycles. The monoisotopic (exact) mass is 699 g/mol. The van der Waals surface area contributed by atoms with Crippen molar-refractivity contribution in [2.24, 2.45) is 14.1 Å². The zero-order valence-corrected chi connectivity index (χ0v) is 33.6. The molecule has 6 aromatic rings. The van der Waals surface area contributed by atoms with Gasteiger partial charge in [0.05, 0.1) is 0 Å². The number of nitrogens with zero attached hydrogens (tertiary/aromatic N) is 2. The molecule has 0 bridgehead atoms. The Balaban J connectivity index is 1.08. The zero-order chi connectivity index (χ0) is 36.1. The highest BCUT2D eigenvalue weighted by atomic mass is 14.9. The van der Waals surface area contributed by atoms with E-state index in [2.05, 4.69) is 97.7 Å². The minimum Gasteiger partial charge on any atom is -0.348 e. The third kappa shape index (κ3) is 9.64. The summed E-state index contributed by atoms with van der Waals surface area (Å²) < 4.78 is 4.94. The molecule has 0 saturated carbocycles. The lowest BCUT2D eigenvalue weighted by atomic mass is 9.95. The maximum atomic E-state index is 2.47. The van der Waals surface area contributed by atoms with Crippen LogP contribution in [0.4, 0.5) is 0 Å². The van der Waals surface area contributed by atoms with Crippen molar-refractivity contribution < 1.29 is 0 Å². The first-order valence-corrected chi connectivity index (χ1v) is 21.9. The summed E-state index contributed by atoms with van der Waals surface area (Å²) in [6, 6.07) is 24.2. The summed E-state index contributed by atoms with van der Waals surface area (Å²) in [6.07, 6.45) is 33.1. The van der Waals surface area contributed by atoms with Gasteiger partial charge in [0.2, 0.25) is 0 Å². The quantitative estimate of drug-likeness (QED) is 0.0440. The Labute approximate surface area is 316 Å². The van der Waals surface area contributed by atoms with Gasteiger partial charge in [0.15, 0.2) is 0 Å². The maximum absolute atomic E-state index is 2.47. The first-order valence-electron chi connectivity index (χ1n) is 21.9. The first-order chi connectivity index (χ1) is 25.6. The number of fused-ring (bicyclic) bond motifs is 7. The van der Waals surface area contributed by atoms with Gasteiger partial charge in [0, 0.05) is 47.3 Å². The summed E-state index contributed by atoms with van der Waals surface area (Å²) in [5.41, 5.74) is 5.68. The molecule has 0 atom stereocenters. The first kappa shape index (κ1) is 38.5. The van der Waals surface area contributed by atoms with Crippen LogP contribution in [0.5, 0.6) is 0 Å². The van der Waals surface area contributed by atoms with Crippen molar-refractivity contribution in [1.29, 1.82) is 0 Å². The molecule has 0 spiro atoms. The largest absolute Gasteiger partial charge is 0.348 e. The average Bonchev–Trinajstić information content (AvgIpc) is 3.64. The summed E-state index contributed by atoms with van der Waals surface area (Å²) in [5.74, 6) is 0. The van der Waals surface area contributed by atoms with Crippen LogP contribution in [-0.2, 0) is 26.9 Å². The Hall–Kier alpha value is -3.26. The van der Waals surface area contributed by atoms with E-state index in [1.807, 2.05) is 0 Å². The van der Waals surface area contributed by atoms with Crippen LogP contribution in [0.2, 0.25) is 0 Å². The molecule has 0 aliphatic carbocycles. The molecule has 2 heterocycles. The molecule has 0 amide bonds. The number of unbranched alkanes of at least 4 members (excludes halogenated alkanes) is 20. The van der Waals surface area contributed by atoms with Crippen molar-refractivity contribution in [3.05, 3.63) is 72.1 Å². The van der Waals surface area contributed by atoms with Gasteiger partial charge in [-0.15, -0.1) is 0 Å². The molecule has 0 fully saturated rings. The van der Waals surface area contributed by atoms with Crippen molar-refractivity contribution in [2.75, 3.05) is 0 Å². The van der Waals surface area contributed by atoms with Gasteiger partial charge in [0.25, 0.3) is 0 Å². The van der Waals surface area contributed by atoms with Gasteiger partial charge >= 0.3 is 0 Å². The van der Waals surface area contributed by atoms with E-state index in [1.165, 1.54) is 220 Å². The van der Waals surface area contributed by atoms with E-state index in [-0.39, 0.29) is 0 Å². The highest BCUT2D eigenvalue weighted by Crippen LogP contribution is 2.36. The second-order valence-corrected chi connectivity index (χ2v) is 16.5. The summed E-state index contributed by atoms with van der Waals surface area (Å²) in [6.45, 7) is 4.61. The molecule has 0 unspecified atom stereocenters. The van der Waals surface area contributed by atoms with E-state index >= 15 is 0 Å². The Bertz CT molecular complexity index is 1860. The van der Waals surface area contributed by atoms with Crippen LogP contribution in [-0.4, -0.2) is 9.13 Å². The minimum absolute atomic E-state index is 1.18. The molecule has 2 nitrogen and oxygen atoms in total. The van der Waals surface area contributed by atoms with Gasteiger partial charge in [-0.1, -0.05) is 167 Å². The smallest absolute Gasteiger partial charge is 0.0486 e. The highest BCUT2D eigenvalue weighted by Gasteiger charge is 2.13. The van der Waals surface area contributed by atoms with Crippen LogP contribution < -0.4 is 0 Å². The number of aryl methyl sites for hydroxylation is 4. The Kier molecular flexibility index (Phi) is 14.6. The van der Waals surface area contributed by atoms with Crippen LogP contribution in [0, 0.1) is 0 Å². The van der Waals surface area contributed by atoms with Crippen molar-refractivity contribution in [2.45, 2.75) is 168 Å². The molecule has 2 aromatic heterocycles. The molecular formula is C50H70N2. The molecule has 4 aromatic carbocycles. The summed E-state index contributed by atoms with van der Waals surface area (Å²) >= 11 is 0. The van der Waals surface area contributed by atoms with E-state index in [1.54, 1.807) is 0 Å². The fourth-order valence-electron chi connectivity index (χ4n) is 9.08. The van der Waals surface area contributed by atoms with Crippen molar-refractivity contribution in [3.63, 3.8) is 0 Å². The normalized spacial score (nSPS) is 12.2. The van der Waals surface area contributed by atoms with E-state index in [0.29, 0.717) is 0 Å². The maximum Gasteiger partial charge on any atom is 0.0486 e. The lowest BCUT2D eigenvalue weighted by Crippen LogP contribution is -1.96. The SMILES string of the molecule is CCCCCCCCCCCCCc1cc2cc3ccc4c5cc6c(cc(CCCCCCCCCCCCC)n6C)cc5ccc4c3cc2n1C. The lowest BCUT2D eigenvalue weighted by molar-refractivity contribution is 0.548. The van der Waals surface area contributed by atoms with Gasteiger partial charge in [-0.2, -0.15) is 0 Å². The van der Waals surface area contributed by atoms with E-state index in [9.17, 15) is 0 Å². The Morgan fingerprint density at radius 2 is 0.654 bits per heavy atom.